The van der Waals surface area contributed by atoms with Gasteiger partial charge in [-0.05, 0) is 50.1 Å². The molecule has 1 aliphatic rings. The monoisotopic (exact) mass is 480 g/mol. The topological polar surface area (TPSA) is 61.7 Å². The predicted molar refractivity (Wildman–Crippen MR) is 137 cm³/mol. The second kappa shape index (κ2) is 11.2. The van der Waals surface area contributed by atoms with Crippen LogP contribution >= 0.6 is 11.6 Å². The number of aliphatic hydroxyl groups is 1. The molecule has 180 valence electrons. The van der Waals surface area contributed by atoms with Gasteiger partial charge in [0.05, 0.1) is 0 Å². The highest BCUT2D eigenvalue weighted by molar-refractivity contribution is 6.30. The van der Waals surface area contributed by atoms with E-state index in [1.807, 2.05) is 50.2 Å². The van der Waals surface area contributed by atoms with Crippen molar-refractivity contribution in [2.24, 2.45) is 0 Å². The summed E-state index contributed by atoms with van der Waals surface area (Å²) in [7, 11) is 0. The van der Waals surface area contributed by atoms with E-state index in [-0.39, 0.29) is 0 Å². The maximum atomic E-state index is 10.5. The number of halogens is 1. The Morgan fingerprint density at radius 3 is 2.38 bits per heavy atom. The van der Waals surface area contributed by atoms with E-state index in [0.717, 1.165) is 71.8 Å². The van der Waals surface area contributed by atoms with Gasteiger partial charge in [-0.3, -0.25) is 4.90 Å². The average Bonchev–Trinajstić information content (AvgIpc) is 2.82. The zero-order chi connectivity index (χ0) is 24.1. The van der Waals surface area contributed by atoms with Crippen LogP contribution in [0.25, 0.3) is 0 Å². The van der Waals surface area contributed by atoms with Gasteiger partial charge < -0.3 is 14.7 Å². The molecule has 1 atom stereocenters. The third-order valence-electron chi connectivity index (χ3n) is 6.26. The van der Waals surface area contributed by atoms with Gasteiger partial charge in [0.2, 0.25) is 0 Å². The number of β-amino-alcohol motifs (C(OH)–C–C–N with tert-alkyl or cyclic N) is 1. The summed E-state index contributed by atoms with van der Waals surface area (Å²) in [6.45, 7) is 10.4. The second-order valence-corrected chi connectivity index (χ2v) is 9.42. The van der Waals surface area contributed by atoms with Crippen molar-refractivity contribution in [3.63, 3.8) is 0 Å². The molecular formula is C27H33ClN4O2. The number of ether oxygens (including phenoxy) is 1. The quantitative estimate of drug-likeness (QED) is 0.521. The first kappa shape index (κ1) is 24.5. The van der Waals surface area contributed by atoms with E-state index in [1.165, 1.54) is 5.56 Å². The van der Waals surface area contributed by atoms with Crippen molar-refractivity contribution >= 4 is 17.4 Å². The van der Waals surface area contributed by atoms with E-state index < -0.39 is 6.10 Å². The van der Waals surface area contributed by atoms with Crippen molar-refractivity contribution in [3.8, 4) is 5.75 Å². The van der Waals surface area contributed by atoms with E-state index in [4.69, 9.17) is 21.3 Å². The summed E-state index contributed by atoms with van der Waals surface area (Å²) in [6, 6.07) is 15.9. The van der Waals surface area contributed by atoms with Crippen LogP contribution in [0.3, 0.4) is 0 Å². The first-order valence-electron chi connectivity index (χ1n) is 11.8. The molecule has 7 heteroatoms. The molecular weight excluding hydrogens is 448 g/mol. The van der Waals surface area contributed by atoms with Crippen molar-refractivity contribution in [1.82, 2.24) is 14.9 Å². The smallest absolute Gasteiger partial charge is 0.136 e. The van der Waals surface area contributed by atoms with Crippen molar-refractivity contribution in [1.29, 1.82) is 0 Å². The van der Waals surface area contributed by atoms with Crippen molar-refractivity contribution in [2.45, 2.75) is 33.3 Å². The second-order valence-electron chi connectivity index (χ2n) is 8.98. The van der Waals surface area contributed by atoms with Gasteiger partial charge in [-0.15, -0.1) is 0 Å². The molecule has 1 fully saturated rings. The Labute approximate surface area is 207 Å². The largest absolute Gasteiger partial charge is 0.491 e. The summed E-state index contributed by atoms with van der Waals surface area (Å²) in [4.78, 5) is 14.1. The number of nitrogens with zero attached hydrogens (tertiary/aromatic N) is 4. The summed E-state index contributed by atoms with van der Waals surface area (Å²) in [5.41, 5.74) is 4.45. The average molecular weight is 481 g/mol. The minimum absolute atomic E-state index is 0.292. The number of aromatic nitrogens is 2. The molecule has 0 radical (unpaired) electrons. The Morgan fingerprint density at radius 2 is 1.68 bits per heavy atom. The number of aryl methyl sites for hydroxylation is 3. The Hall–Kier alpha value is -2.67. The maximum absolute atomic E-state index is 10.5. The van der Waals surface area contributed by atoms with Crippen LogP contribution in [0.2, 0.25) is 5.02 Å². The van der Waals surface area contributed by atoms with Crippen LogP contribution in [0.15, 0.2) is 48.5 Å². The van der Waals surface area contributed by atoms with Gasteiger partial charge in [-0.1, -0.05) is 41.9 Å². The summed E-state index contributed by atoms with van der Waals surface area (Å²) >= 11 is 6.06. The minimum Gasteiger partial charge on any atom is -0.491 e. The summed E-state index contributed by atoms with van der Waals surface area (Å²) in [5, 5.41) is 11.3. The molecule has 0 amide bonds. The number of hydrogen-bond donors (Lipinski definition) is 1. The van der Waals surface area contributed by atoms with Gasteiger partial charge in [0.15, 0.2) is 0 Å². The maximum Gasteiger partial charge on any atom is 0.136 e. The van der Waals surface area contributed by atoms with Gasteiger partial charge in [0.25, 0.3) is 0 Å². The van der Waals surface area contributed by atoms with Crippen molar-refractivity contribution < 1.29 is 9.84 Å². The molecule has 4 rings (SSSR count). The van der Waals surface area contributed by atoms with Crippen molar-refractivity contribution in [3.05, 3.63) is 81.8 Å². The standard InChI is InChI=1S/C27H33ClN4O2/c1-19-6-4-5-7-26(19)34-18-24(33)17-31-12-14-32(15-13-31)27-25(20(2)29-21(3)30-27)16-22-8-10-23(28)11-9-22/h4-11,24,33H,12-18H2,1-3H3. The van der Waals surface area contributed by atoms with E-state index >= 15 is 0 Å². The Morgan fingerprint density at radius 1 is 0.971 bits per heavy atom. The Bertz CT molecular complexity index is 1100. The number of anilines is 1. The first-order valence-corrected chi connectivity index (χ1v) is 12.2. The lowest BCUT2D eigenvalue weighted by Gasteiger charge is -2.37. The molecule has 34 heavy (non-hydrogen) atoms. The van der Waals surface area contributed by atoms with Crippen molar-refractivity contribution in [2.75, 3.05) is 44.2 Å². The fourth-order valence-electron chi connectivity index (χ4n) is 4.39. The number of piperazine rings is 1. The third kappa shape index (κ3) is 6.26. The Kier molecular flexibility index (Phi) is 8.03. The molecule has 0 bridgehead atoms. The lowest BCUT2D eigenvalue weighted by atomic mass is 10.0. The van der Waals surface area contributed by atoms with Crippen LogP contribution in [0.5, 0.6) is 5.75 Å². The van der Waals surface area contributed by atoms with Gasteiger partial charge >= 0.3 is 0 Å². The summed E-state index contributed by atoms with van der Waals surface area (Å²) in [5.74, 6) is 2.63. The molecule has 0 aliphatic carbocycles. The molecule has 1 aliphatic heterocycles. The molecule has 3 aromatic rings. The molecule has 0 saturated carbocycles. The number of rotatable bonds is 8. The molecule has 6 nitrogen and oxygen atoms in total. The van der Waals surface area contributed by atoms with E-state index in [1.54, 1.807) is 0 Å². The summed E-state index contributed by atoms with van der Waals surface area (Å²) < 4.78 is 5.82. The molecule has 1 unspecified atom stereocenters. The molecule has 1 aromatic heterocycles. The van der Waals surface area contributed by atoms with Crippen LogP contribution in [0.1, 0.15) is 28.2 Å². The first-order chi connectivity index (χ1) is 16.4. The highest BCUT2D eigenvalue weighted by Gasteiger charge is 2.24. The number of hydrogen-bond acceptors (Lipinski definition) is 6. The highest BCUT2D eigenvalue weighted by Crippen LogP contribution is 2.26. The van der Waals surface area contributed by atoms with Gasteiger partial charge in [0, 0.05) is 55.4 Å². The van der Waals surface area contributed by atoms with Crippen LogP contribution in [-0.2, 0) is 6.42 Å². The zero-order valence-corrected chi connectivity index (χ0v) is 20.9. The lowest BCUT2D eigenvalue weighted by Crippen LogP contribution is -2.49. The van der Waals surface area contributed by atoms with Gasteiger partial charge in [-0.2, -0.15) is 0 Å². The zero-order valence-electron chi connectivity index (χ0n) is 20.2. The van der Waals surface area contributed by atoms with E-state index in [2.05, 4.69) is 33.8 Å². The summed E-state index contributed by atoms with van der Waals surface area (Å²) in [6.07, 6.45) is 0.239. The molecule has 1 N–H and O–H groups in total. The van der Waals surface area contributed by atoms with Crippen LogP contribution < -0.4 is 9.64 Å². The SMILES string of the molecule is Cc1nc(C)c(Cc2ccc(Cl)cc2)c(N2CCN(CC(O)COc3ccccc3C)CC2)n1. The van der Waals surface area contributed by atoms with Crippen LogP contribution in [0, 0.1) is 20.8 Å². The normalized spacial score (nSPS) is 15.4. The van der Waals surface area contributed by atoms with E-state index in [0.29, 0.717) is 13.2 Å². The number of benzene rings is 2. The highest BCUT2D eigenvalue weighted by atomic mass is 35.5. The van der Waals surface area contributed by atoms with Gasteiger partial charge in [-0.25, -0.2) is 9.97 Å². The molecule has 0 spiro atoms. The molecule has 1 saturated heterocycles. The Balaban J connectivity index is 1.36. The number of aliphatic hydroxyl groups excluding tert-OH is 1. The van der Waals surface area contributed by atoms with Crippen LogP contribution in [-0.4, -0.2) is 65.4 Å². The number of para-hydroxylation sites is 1. The fourth-order valence-corrected chi connectivity index (χ4v) is 4.52. The molecule has 2 heterocycles. The minimum atomic E-state index is -0.532. The van der Waals surface area contributed by atoms with Crippen LogP contribution in [0.4, 0.5) is 5.82 Å². The molecule has 2 aromatic carbocycles. The third-order valence-corrected chi connectivity index (χ3v) is 6.52. The fraction of sp³-hybridized carbons (Fsp3) is 0.407. The van der Waals surface area contributed by atoms with E-state index in [9.17, 15) is 5.11 Å². The van der Waals surface area contributed by atoms with Gasteiger partial charge in [0.1, 0.15) is 30.1 Å². The predicted octanol–water partition coefficient (Wildman–Crippen LogP) is 4.21. The lowest BCUT2D eigenvalue weighted by molar-refractivity contribution is 0.0660.